The van der Waals surface area contributed by atoms with Gasteiger partial charge < -0.3 is 15.5 Å². The molecule has 1 aromatic rings. The van der Waals surface area contributed by atoms with Crippen molar-refractivity contribution in [2.24, 2.45) is 0 Å². The van der Waals surface area contributed by atoms with Crippen molar-refractivity contribution >= 4 is 11.6 Å². The van der Waals surface area contributed by atoms with Crippen LogP contribution in [-0.4, -0.2) is 48.5 Å². The summed E-state index contributed by atoms with van der Waals surface area (Å²) in [6, 6.07) is 3.64. The van der Waals surface area contributed by atoms with E-state index in [0.29, 0.717) is 12.2 Å². The normalized spacial score (nSPS) is 15.2. The van der Waals surface area contributed by atoms with E-state index in [4.69, 9.17) is 0 Å². The summed E-state index contributed by atoms with van der Waals surface area (Å²) < 4.78 is 0. The van der Waals surface area contributed by atoms with E-state index in [2.05, 4.69) is 20.5 Å². The molecule has 1 amide bonds. The molecule has 2 rings (SSSR count). The van der Waals surface area contributed by atoms with Crippen LogP contribution in [0.25, 0.3) is 0 Å². The van der Waals surface area contributed by atoms with Gasteiger partial charge in [0.25, 0.3) is 5.91 Å². The smallest absolute Gasteiger partial charge is 0.269 e. The molecule has 0 atom stereocenters. The van der Waals surface area contributed by atoms with Gasteiger partial charge in [0, 0.05) is 13.1 Å². The molecule has 110 valence electrons. The number of rotatable bonds is 7. The van der Waals surface area contributed by atoms with Gasteiger partial charge in [0.05, 0.1) is 11.9 Å². The van der Waals surface area contributed by atoms with Crippen molar-refractivity contribution in [3.63, 3.8) is 0 Å². The van der Waals surface area contributed by atoms with Gasteiger partial charge in [0.1, 0.15) is 5.69 Å². The molecule has 1 saturated heterocycles. The Morgan fingerprint density at radius 3 is 2.80 bits per heavy atom. The summed E-state index contributed by atoms with van der Waals surface area (Å²) in [5.74, 6) is -0.0885. The van der Waals surface area contributed by atoms with Crippen molar-refractivity contribution in [2.45, 2.75) is 26.2 Å². The monoisotopic (exact) mass is 276 g/mol. The first-order valence-electron chi connectivity index (χ1n) is 7.50. The lowest BCUT2D eigenvalue weighted by Crippen LogP contribution is -2.29. The second-order valence-electron chi connectivity index (χ2n) is 5.12. The molecule has 0 saturated carbocycles. The van der Waals surface area contributed by atoms with E-state index in [1.807, 2.05) is 13.0 Å². The molecular weight excluding hydrogens is 252 g/mol. The third-order valence-corrected chi connectivity index (χ3v) is 3.51. The van der Waals surface area contributed by atoms with Gasteiger partial charge in [-0.05, 0) is 58.0 Å². The van der Waals surface area contributed by atoms with Crippen LogP contribution in [-0.2, 0) is 0 Å². The minimum atomic E-state index is -0.0885. The summed E-state index contributed by atoms with van der Waals surface area (Å²) in [5.41, 5.74) is 1.42. The van der Waals surface area contributed by atoms with Crippen LogP contribution in [0.3, 0.4) is 0 Å². The van der Waals surface area contributed by atoms with E-state index < -0.39 is 0 Å². The number of anilines is 1. The molecule has 2 heterocycles. The highest BCUT2D eigenvalue weighted by molar-refractivity contribution is 5.92. The number of amides is 1. The Hall–Kier alpha value is -1.62. The van der Waals surface area contributed by atoms with Crippen LogP contribution in [0, 0.1) is 0 Å². The molecule has 1 aromatic heterocycles. The molecule has 1 fully saturated rings. The molecule has 5 heteroatoms. The highest BCUT2D eigenvalue weighted by Gasteiger charge is 2.11. The maximum absolute atomic E-state index is 11.9. The van der Waals surface area contributed by atoms with E-state index in [-0.39, 0.29) is 5.91 Å². The lowest BCUT2D eigenvalue weighted by atomic mass is 10.3. The van der Waals surface area contributed by atoms with E-state index >= 15 is 0 Å². The zero-order valence-electron chi connectivity index (χ0n) is 12.2. The second-order valence-corrected chi connectivity index (χ2v) is 5.12. The minimum absolute atomic E-state index is 0.0885. The molecule has 0 bridgehead atoms. The van der Waals surface area contributed by atoms with Gasteiger partial charge in [-0.3, -0.25) is 4.79 Å². The number of nitrogens with zero attached hydrogens (tertiary/aromatic N) is 2. The average Bonchev–Trinajstić information content (AvgIpc) is 2.98. The van der Waals surface area contributed by atoms with Gasteiger partial charge in [-0.15, -0.1) is 0 Å². The number of hydrogen-bond acceptors (Lipinski definition) is 4. The lowest BCUT2D eigenvalue weighted by Gasteiger charge is -2.14. The van der Waals surface area contributed by atoms with E-state index in [1.54, 1.807) is 12.3 Å². The summed E-state index contributed by atoms with van der Waals surface area (Å²) in [7, 11) is 0. The standard InChI is InChI=1S/C15H24N4O/c1-2-16-13-6-7-14(18-12-13)15(20)17-8-5-11-19-9-3-4-10-19/h6-7,12,16H,2-5,8-11H2,1H3,(H,17,20). The number of aromatic nitrogens is 1. The van der Waals surface area contributed by atoms with Crippen molar-refractivity contribution in [3.05, 3.63) is 24.0 Å². The van der Waals surface area contributed by atoms with Gasteiger partial charge in [-0.25, -0.2) is 4.98 Å². The van der Waals surface area contributed by atoms with Crippen LogP contribution in [0.1, 0.15) is 36.7 Å². The van der Waals surface area contributed by atoms with E-state index in [0.717, 1.165) is 25.2 Å². The third kappa shape index (κ3) is 4.49. The van der Waals surface area contributed by atoms with Gasteiger partial charge in [-0.1, -0.05) is 0 Å². The van der Waals surface area contributed by atoms with E-state index in [9.17, 15) is 4.79 Å². The number of nitrogens with one attached hydrogen (secondary N) is 2. The Morgan fingerprint density at radius 2 is 2.15 bits per heavy atom. The van der Waals surface area contributed by atoms with Crippen molar-refractivity contribution in [2.75, 3.05) is 38.0 Å². The molecule has 1 aliphatic rings. The van der Waals surface area contributed by atoms with Crippen LogP contribution in [0.4, 0.5) is 5.69 Å². The van der Waals surface area contributed by atoms with Crippen LogP contribution in [0.5, 0.6) is 0 Å². The lowest BCUT2D eigenvalue weighted by molar-refractivity contribution is 0.0947. The average molecular weight is 276 g/mol. The number of carbonyl (C=O) groups excluding carboxylic acids is 1. The fourth-order valence-electron chi connectivity index (χ4n) is 2.44. The van der Waals surface area contributed by atoms with Gasteiger partial charge in [0.15, 0.2) is 0 Å². The maximum atomic E-state index is 11.9. The quantitative estimate of drug-likeness (QED) is 0.745. The predicted octanol–water partition coefficient (Wildman–Crippen LogP) is 1.73. The Bertz CT molecular complexity index is 412. The number of pyridine rings is 1. The molecule has 20 heavy (non-hydrogen) atoms. The van der Waals surface area contributed by atoms with Crippen LogP contribution < -0.4 is 10.6 Å². The Kier molecular flexibility index (Phi) is 5.80. The first-order valence-corrected chi connectivity index (χ1v) is 7.50. The summed E-state index contributed by atoms with van der Waals surface area (Å²) in [5, 5.41) is 6.08. The van der Waals surface area contributed by atoms with Crippen LogP contribution in [0.2, 0.25) is 0 Å². The van der Waals surface area contributed by atoms with Crippen molar-refractivity contribution in [1.82, 2.24) is 15.2 Å². The molecule has 5 nitrogen and oxygen atoms in total. The number of hydrogen-bond donors (Lipinski definition) is 2. The fourth-order valence-corrected chi connectivity index (χ4v) is 2.44. The van der Waals surface area contributed by atoms with Crippen LogP contribution >= 0.6 is 0 Å². The number of likely N-dealkylation sites (tertiary alicyclic amines) is 1. The van der Waals surface area contributed by atoms with Gasteiger partial charge in [0.2, 0.25) is 0 Å². The van der Waals surface area contributed by atoms with Crippen molar-refractivity contribution in [1.29, 1.82) is 0 Å². The largest absolute Gasteiger partial charge is 0.384 e. The third-order valence-electron chi connectivity index (χ3n) is 3.51. The summed E-state index contributed by atoms with van der Waals surface area (Å²) >= 11 is 0. The minimum Gasteiger partial charge on any atom is -0.384 e. The topological polar surface area (TPSA) is 57.3 Å². The number of carbonyl (C=O) groups is 1. The first-order chi connectivity index (χ1) is 9.79. The maximum Gasteiger partial charge on any atom is 0.269 e. The molecule has 0 unspecified atom stereocenters. The highest BCUT2D eigenvalue weighted by atomic mass is 16.1. The van der Waals surface area contributed by atoms with Crippen molar-refractivity contribution in [3.8, 4) is 0 Å². The fraction of sp³-hybridized carbons (Fsp3) is 0.600. The second kappa shape index (κ2) is 7.85. The zero-order valence-corrected chi connectivity index (χ0v) is 12.2. The first kappa shape index (κ1) is 14.8. The van der Waals surface area contributed by atoms with Gasteiger partial charge >= 0.3 is 0 Å². The molecule has 1 aliphatic heterocycles. The molecule has 0 aliphatic carbocycles. The Morgan fingerprint density at radius 1 is 1.35 bits per heavy atom. The highest BCUT2D eigenvalue weighted by Crippen LogP contribution is 2.07. The summed E-state index contributed by atoms with van der Waals surface area (Å²) in [6.45, 7) is 7.09. The molecule has 0 radical (unpaired) electrons. The molecule has 0 aromatic carbocycles. The predicted molar refractivity (Wildman–Crippen MR) is 81.0 cm³/mol. The molecular formula is C15H24N4O. The van der Waals surface area contributed by atoms with Gasteiger partial charge in [-0.2, -0.15) is 0 Å². The zero-order chi connectivity index (χ0) is 14.2. The Labute approximate surface area is 120 Å². The summed E-state index contributed by atoms with van der Waals surface area (Å²) in [6.07, 6.45) is 5.33. The van der Waals surface area contributed by atoms with Crippen LogP contribution in [0.15, 0.2) is 18.3 Å². The van der Waals surface area contributed by atoms with E-state index in [1.165, 1.54) is 25.9 Å². The van der Waals surface area contributed by atoms with Crippen molar-refractivity contribution < 1.29 is 4.79 Å². The summed E-state index contributed by atoms with van der Waals surface area (Å²) in [4.78, 5) is 18.5. The molecule has 0 spiro atoms. The Balaban J connectivity index is 1.68. The SMILES string of the molecule is CCNc1ccc(C(=O)NCCCN2CCCC2)nc1. The molecule has 2 N–H and O–H groups in total.